The lowest BCUT2D eigenvalue weighted by Crippen LogP contribution is -2.48. The maximum atomic E-state index is 15.2. The van der Waals surface area contributed by atoms with E-state index in [9.17, 15) is 19.8 Å². The average molecular weight is 458 g/mol. The zero-order valence-corrected chi connectivity index (χ0v) is 18.8. The monoisotopic (exact) mass is 457 g/mol. The summed E-state index contributed by atoms with van der Waals surface area (Å²) in [5.74, 6) is 0.613. The third kappa shape index (κ3) is 3.72. The van der Waals surface area contributed by atoms with E-state index in [0.29, 0.717) is 12.4 Å². The van der Waals surface area contributed by atoms with Crippen LogP contribution >= 0.6 is 0 Å². The first-order valence-electron chi connectivity index (χ1n) is 12.5. The summed E-state index contributed by atoms with van der Waals surface area (Å²) >= 11 is 0. The van der Waals surface area contributed by atoms with Gasteiger partial charge in [-0.2, -0.15) is 0 Å². The Bertz CT molecular complexity index is 954. The van der Waals surface area contributed by atoms with E-state index in [-0.39, 0.29) is 29.9 Å². The summed E-state index contributed by atoms with van der Waals surface area (Å²) in [5.41, 5.74) is 0.941. The number of ether oxygens (including phenoxy) is 1. The first-order valence-corrected chi connectivity index (χ1v) is 12.5. The number of hydrogen-bond donors (Lipinski definition) is 2. The Morgan fingerprint density at radius 3 is 2.27 bits per heavy atom. The highest BCUT2D eigenvalue weighted by molar-refractivity contribution is 5.97. The van der Waals surface area contributed by atoms with E-state index in [2.05, 4.69) is 0 Å². The number of carboxylic acids is 1. The van der Waals surface area contributed by atoms with Crippen molar-refractivity contribution in [3.63, 3.8) is 0 Å². The van der Waals surface area contributed by atoms with Gasteiger partial charge in [0.1, 0.15) is 11.6 Å². The summed E-state index contributed by atoms with van der Waals surface area (Å²) in [6, 6.07) is 1.57. The molecule has 1 aromatic carbocycles. The number of rotatable bonds is 6. The predicted molar refractivity (Wildman–Crippen MR) is 118 cm³/mol. The van der Waals surface area contributed by atoms with Gasteiger partial charge < -0.3 is 19.8 Å². The van der Waals surface area contributed by atoms with E-state index in [1.54, 1.807) is 6.07 Å². The second kappa shape index (κ2) is 7.69. The number of aliphatic hydroxyl groups is 1. The normalized spacial score (nSPS) is 36.9. The number of benzene rings is 1. The molecule has 2 atom stereocenters. The van der Waals surface area contributed by atoms with Crippen LogP contribution in [-0.4, -0.2) is 52.3 Å². The van der Waals surface area contributed by atoms with Gasteiger partial charge in [0.05, 0.1) is 18.3 Å². The fourth-order valence-electron chi connectivity index (χ4n) is 7.73. The van der Waals surface area contributed by atoms with Crippen molar-refractivity contribution >= 4 is 11.9 Å². The largest absolute Gasteiger partial charge is 0.493 e. The number of carboxylic acid groups (broad SMARTS) is 1. The summed E-state index contributed by atoms with van der Waals surface area (Å²) in [6.07, 6.45) is 8.72. The van der Waals surface area contributed by atoms with Crippen LogP contribution in [0.15, 0.2) is 12.1 Å². The smallest absolute Gasteiger partial charge is 0.329 e. The van der Waals surface area contributed by atoms with Gasteiger partial charge in [-0.05, 0) is 93.1 Å². The molecule has 1 aromatic rings. The lowest BCUT2D eigenvalue weighted by atomic mass is 9.50. The van der Waals surface area contributed by atoms with Crippen LogP contribution in [0.3, 0.4) is 0 Å². The van der Waals surface area contributed by atoms with E-state index in [4.69, 9.17) is 4.74 Å². The minimum absolute atomic E-state index is 0.0967. The molecule has 6 nitrogen and oxygen atoms in total. The number of nitrogens with zero attached hydrogens (tertiary/aromatic N) is 1. The van der Waals surface area contributed by atoms with E-state index >= 15 is 4.39 Å². The van der Waals surface area contributed by atoms with Crippen molar-refractivity contribution in [2.45, 2.75) is 75.9 Å². The molecule has 5 saturated carbocycles. The van der Waals surface area contributed by atoms with E-state index in [1.165, 1.54) is 44.6 Å². The standard InChI is InChI=1S/C26H32FNO5/c27-20-9-22(33-13-26-10-14-5-15(11-26)7-16(6-14)12-26)18(17-1-2-17)8-19(20)24(30)28-4-3-21(29)23(28)25(31)32/h8-9,14-17,21,23,29H,1-7,10-13H2,(H,31,32)/t14?,15?,16?,21-,23-,26?/m0/s1. The number of carbonyl (C=O) groups excluding carboxylic acids is 1. The molecule has 7 heteroatoms. The minimum Gasteiger partial charge on any atom is -0.493 e. The van der Waals surface area contributed by atoms with Crippen molar-refractivity contribution in [3.8, 4) is 5.75 Å². The third-order valence-corrected chi connectivity index (χ3v) is 8.93. The number of amides is 1. The molecular weight excluding hydrogens is 425 g/mol. The molecule has 6 aliphatic rings. The van der Waals surface area contributed by atoms with Gasteiger partial charge in [0, 0.05) is 18.0 Å². The molecule has 7 rings (SSSR count). The Morgan fingerprint density at radius 2 is 1.70 bits per heavy atom. The van der Waals surface area contributed by atoms with Gasteiger partial charge >= 0.3 is 5.97 Å². The van der Waals surface area contributed by atoms with Crippen molar-refractivity contribution in [3.05, 3.63) is 29.1 Å². The number of aliphatic hydroxyl groups excluding tert-OH is 1. The highest BCUT2D eigenvalue weighted by Gasteiger charge is 2.51. The summed E-state index contributed by atoms with van der Waals surface area (Å²) in [5, 5.41) is 19.4. The number of halogens is 1. The van der Waals surface area contributed by atoms with Gasteiger partial charge in [0.2, 0.25) is 0 Å². The first-order chi connectivity index (χ1) is 15.8. The van der Waals surface area contributed by atoms with Gasteiger partial charge in [-0.1, -0.05) is 0 Å². The van der Waals surface area contributed by atoms with Gasteiger partial charge in [-0.3, -0.25) is 4.79 Å². The molecule has 0 aromatic heterocycles. The Labute approximate surface area is 193 Å². The lowest BCUT2D eigenvalue weighted by molar-refractivity contribution is -0.144. The van der Waals surface area contributed by atoms with Crippen LogP contribution in [0, 0.1) is 29.0 Å². The van der Waals surface area contributed by atoms with Crippen molar-refractivity contribution < 1.29 is 28.9 Å². The number of likely N-dealkylation sites (tertiary alicyclic amines) is 1. The van der Waals surface area contributed by atoms with Crippen molar-refractivity contribution in [1.29, 1.82) is 0 Å². The topological polar surface area (TPSA) is 87.1 Å². The van der Waals surface area contributed by atoms with Crippen LogP contribution in [0.5, 0.6) is 5.75 Å². The Balaban J connectivity index is 1.24. The quantitative estimate of drug-likeness (QED) is 0.675. The SMILES string of the molecule is O=C(O)[C@@H]1[C@@H](O)CCN1C(=O)c1cc(C2CC2)c(OCC23CC4CC(CC(C4)C2)C3)cc1F. The maximum absolute atomic E-state index is 15.2. The molecule has 6 fully saturated rings. The zero-order valence-electron chi connectivity index (χ0n) is 18.8. The minimum atomic E-state index is -1.34. The Hall–Kier alpha value is -2.15. The van der Waals surface area contributed by atoms with Crippen LogP contribution in [0.4, 0.5) is 4.39 Å². The summed E-state index contributed by atoms with van der Waals surface area (Å²) < 4.78 is 21.5. The molecule has 1 aliphatic heterocycles. The molecule has 5 aliphatic carbocycles. The van der Waals surface area contributed by atoms with Gasteiger partial charge in [0.25, 0.3) is 5.91 Å². The first kappa shape index (κ1) is 21.4. The van der Waals surface area contributed by atoms with Crippen molar-refractivity contribution in [1.82, 2.24) is 4.90 Å². The molecule has 178 valence electrons. The van der Waals surface area contributed by atoms with Gasteiger partial charge in [-0.15, -0.1) is 0 Å². The molecule has 0 radical (unpaired) electrons. The van der Waals surface area contributed by atoms with E-state index < -0.39 is 29.8 Å². The van der Waals surface area contributed by atoms with Gasteiger partial charge in [0.15, 0.2) is 6.04 Å². The second-order valence-electron chi connectivity index (χ2n) is 11.5. The number of carbonyl (C=O) groups is 2. The highest BCUT2D eigenvalue weighted by atomic mass is 19.1. The Morgan fingerprint density at radius 1 is 1.06 bits per heavy atom. The van der Waals surface area contributed by atoms with E-state index in [0.717, 1.165) is 41.1 Å². The summed E-state index contributed by atoms with van der Waals surface area (Å²) in [4.78, 5) is 25.7. The zero-order chi connectivity index (χ0) is 22.9. The molecule has 2 N–H and O–H groups in total. The average Bonchev–Trinajstić information content (AvgIpc) is 3.51. The van der Waals surface area contributed by atoms with Crippen LogP contribution in [0.1, 0.15) is 79.6 Å². The molecule has 0 unspecified atom stereocenters. The molecule has 33 heavy (non-hydrogen) atoms. The molecule has 1 amide bonds. The van der Waals surface area contributed by atoms with Crippen LogP contribution in [0.2, 0.25) is 0 Å². The summed E-state index contributed by atoms with van der Waals surface area (Å²) in [7, 11) is 0. The van der Waals surface area contributed by atoms with Crippen LogP contribution < -0.4 is 4.74 Å². The van der Waals surface area contributed by atoms with Crippen LogP contribution in [-0.2, 0) is 4.79 Å². The maximum Gasteiger partial charge on any atom is 0.329 e. The number of hydrogen-bond acceptors (Lipinski definition) is 4. The van der Waals surface area contributed by atoms with Crippen LogP contribution in [0.25, 0.3) is 0 Å². The third-order valence-electron chi connectivity index (χ3n) is 8.93. The molecule has 1 heterocycles. The molecule has 4 bridgehead atoms. The summed E-state index contributed by atoms with van der Waals surface area (Å²) in [6.45, 7) is 0.710. The predicted octanol–water partition coefficient (Wildman–Crippen LogP) is 3.96. The highest BCUT2D eigenvalue weighted by Crippen LogP contribution is 2.60. The number of aliphatic carboxylic acids is 1. The lowest BCUT2D eigenvalue weighted by Gasteiger charge is -2.56. The molecular formula is C26H32FNO5. The fraction of sp³-hybridized carbons (Fsp3) is 0.692. The molecule has 1 saturated heterocycles. The fourth-order valence-corrected chi connectivity index (χ4v) is 7.73. The van der Waals surface area contributed by atoms with E-state index in [1.807, 2.05) is 0 Å². The van der Waals surface area contributed by atoms with Gasteiger partial charge in [-0.25, -0.2) is 9.18 Å². The Kier molecular flexibility index (Phi) is 4.98. The molecule has 0 spiro atoms. The van der Waals surface area contributed by atoms with Crippen molar-refractivity contribution in [2.24, 2.45) is 23.2 Å². The second-order valence-corrected chi connectivity index (χ2v) is 11.5. The van der Waals surface area contributed by atoms with Crippen molar-refractivity contribution in [2.75, 3.05) is 13.2 Å².